The van der Waals surface area contributed by atoms with E-state index in [0.717, 1.165) is 11.3 Å². The molecule has 0 aliphatic heterocycles. The van der Waals surface area contributed by atoms with E-state index in [1.807, 2.05) is 24.3 Å². The average molecular weight is 230 g/mol. The predicted molar refractivity (Wildman–Crippen MR) is 65.2 cm³/mol. The number of methoxy groups -OCH3 is 1. The Labute approximate surface area is 100 Å². The minimum Gasteiger partial charge on any atom is -0.495 e. The summed E-state index contributed by atoms with van der Waals surface area (Å²) in [6, 6.07) is 11.2. The topological polar surface area (TPSA) is 57.4 Å². The Morgan fingerprint density at radius 1 is 1.06 bits per heavy atom. The van der Waals surface area contributed by atoms with Crippen LogP contribution < -0.4 is 15.2 Å². The Balaban J connectivity index is 2.08. The highest BCUT2D eigenvalue weighted by Gasteiger charge is 1.99. The van der Waals surface area contributed by atoms with Crippen LogP contribution in [-0.2, 0) is 6.54 Å². The molecule has 1 aromatic heterocycles. The molecule has 2 N–H and O–H groups in total. The average Bonchev–Trinajstić information content (AvgIpc) is 2.40. The monoisotopic (exact) mass is 230 g/mol. The van der Waals surface area contributed by atoms with E-state index < -0.39 is 0 Å². The molecule has 0 bridgehead atoms. The van der Waals surface area contributed by atoms with Crippen LogP contribution in [0.2, 0.25) is 0 Å². The summed E-state index contributed by atoms with van der Waals surface area (Å²) < 4.78 is 10.6. The van der Waals surface area contributed by atoms with E-state index in [1.165, 1.54) is 0 Å². The molecule has 1 aromatic carbocycles. The molecule has 0 atom stereocenters. The molecule has 0 spiro atoms. The highest BCUT2D eigenvalue weighted by molar-refractivity contribution is 5.31. The van der Waals surface area contributed by atoms with Crippen LogP contribution >= 0.6 is 0 Å². The second kappa shape index (κ2) is 5.32. The fourth-order valence-electron chi connectivity index (χ4n) is 1.36. The Morgan fingerprint density at radius 2 is 1.76 bits per heavy atom. The molecule has 1 heterocycles. The van der Waals surface area contributed by atoms with Gasteiger partial charge in [-0.05, 0) is 23.8 Å². The Morgan fingerprint density at radius 3 is 2.29 bits per heavy atom. The van der Waals surface area contributed by atoms with Crippen molar-refractivity contribution in [1.82, 2.24) is 4.98 Å². The van der Waals surface area contributed by atoms with Gasteiger partial charge in [0, 0.05) is 12.6 Å². The zero-order valence-electron chi connectivity index (χ0n) is 9.59. The SMILES string of the molecule is COc1ccc(Oc2ccc(CN)cc2)nc1. The molecule has 0 saturated carbocycles. The summed E-state index contributed by atoms with van der Waals surface area (Å²) in [4.78, 5) is 4.12. The van der Waals surface area contributed by atoms with Gasteiger partial charge in [-0.15, -0.1) is 0 Å². The van der Waals surface area contributed by atoms with Crippen LogP contribution in [0.4, 0.5) is 0 Å². The molecule has 4 heteroatoms. The third-order valence-corrected chi connectivity index (χ3v) is 2.33. The van der Waals surface area contributed by atoms with Crippen LogP contribution in [0.5, 0.6) is 17.4 Å². The fraction of sp³-hybridized carbons (Fsp3) is 0.154. The molecule has 0 saturated heterocycles. The highest BCUT2D eigenvalue weighted by atomic mass is 16.5. The summed E-state index contributed by atoms with van der Waals surface area (Å²) in [5.74, 6) is 1.97. The summed E-state index contributed by atoms with van der Waals surface area (Å²) in [6.45, 7) is 0.529. The maximum atomic E-state index is 5.57. The zero-order valence-corrected chi connectivity index (χ0v) is 9.59. The number of benzene rings is 1. The Hall–Kier alpha value is -2.07. The van der Waals surface area contributed by atoms with E-state index in [-0.39, 0.29) is 0 Å². The van der Waals surface area contributed by atoms with Crippen molar-refractivity contribution in [3.8, 4) is 17.4 Å². The molecule has 0 aliphatic carbocycles. The maximum Gasteiger partial charge on any atom is 0.219 e. The Bertz CT molecular complexity index is 420. The molecule has 0 radical (unpaired) electrons. The molecule has 0 fully saturated rings. The van der Waals surface area contributed by atoms with Crippen LogP contribution in [0.1, 0.15) is 5.56 Å². The van der Waals surface area contributed by atoms with Gasteiger partial charge in [0.25, 0.3) is 0 Å². The van der Waals surface area contributed by atoms with Crippen LogP contribution in [0.3, 0.4) is 0 Å². The predicted octanol–water partition coefficient (Wildman–Crippen LogP) is 2.34. The standard InChI is InChI=1S/C13H14N2O2/c1-16-12-6-7-13(15-9-12)17-11-4-2-10(8-14)3-5-11/h2-7,9H,8,14H2,1H3. The lowest BCUT2D eigenvalue weighted by Gasteiger charge is -2.06. The van der Waals surface area contributed by atoms with Crippen molar-refractivity contribution in [2.75, 3.05) is 7.11 Å². The lowest BCUT2D eigenvalue weighted by molar-refractivity contribution is 0.408. The van der Waals surface area contributed by atoms with Crippen LogP contribution in [0, 0.1) is 0 Å². The van der Waals surface area contributed by atoms with Gasteiger partial charge in [-0.25, -0.2) is 4.98 Å². The molecule has 2 aromatic rings. The number of aromatic nitrogens is 1. The van der Waals surface area contributed by atoms with Gasteiger partial charge in [-0.1, -0.05) is 12.1 Å². The summed E-state index contributed by atoms with van der Waals surface area (Å²) in [5, 5.41) is 0. The van der Waals surface area contributed by atoms with E-state index in [9.17, 15) is 0 Å². The van der Waals surface area contributed by atoms with Crippen LogP contribution in [-0.4, -0.2) is 12.1 Å². The number of hydrogen-bond donors (Lipinski definition) is 1. The fourth-order valence-corrected chi connectivity index (χ4v) is 1.36. The number of hydrogen-bond acceptors (Lipinski definition) is 4. The summed E-state index contributed by atoms with van der Waals surface area (Å²) in [5.41, 5.74) is 6.59. The van der Waals surface area contributed by atoms with Gasteiger partial charge >= 0.3 is 0 Å². The first-order chi connectivity index (χ1) is 8.31. The minimum atomic E-state index is 0.529. The van der Waals surface area contributed by atoms with E-state index in [4.69, 9.17) is 15.2 Å². The number of pyridine rings is 1. The molecule has 17 heavy (non-hydrogen) atoms. The van der Waals surface area contributed by atoms with Gasteiger partial charge in [0.2, 0.25) is 5.88 Å². The van der Waals surface area contributed by atoms with Crippen LogP contribution in [0.15, 0.2) is 42.6 Å². The number of nitrogens with two attached hydrogens (primary N) is 1. The van der Waals surface area contributed by atoms with E-state index >= 15 is 0 Å². The molecule has 4 nitrogen and oxygen atoms in total. The molecule has 0 unspecified atom stereocenters. The van der Waals surface area contributed by atoms with Crippen molar-refractivity contribution in [2.45, 2.75) is 6.54 Å². The van der Waals surface area contributed by atoms with Crippen molar-refractivity contribution in [3.05, 3.63) is 48.2 Å². The first kappa shape index (κ1) is 11.4. The lowest BCUT2D eigenvalue weighted by Crippen LogP contribution is -1.95. The summed E-state index contributed by atoms with van der Waals surface area (Å²) in [7, 11) is 1.60. The van der Waals surface area contributed by atoms with Crippen LogP contribution in [0.25, 0.3) is 0 Å². The molecular weight excluding hydrogens is 216 g/mol. The minimum absolute atomic E-state index is 0.529. The van der Waals surface area contributed by atoms with Crippen molar-refractivity contribution in [2.24, 2.45) is 5.73 Å². The largest absolute Gasteiger partial charge is 0.495 e. The Kier molecular flexibility index (Phi) is 3.57. The van der Waals surface area contributed by atoms with E-state index in [0.29, 0.717) is 18.2 Å². The number of rotatable bonds is 4. The van der Waals surface area contributed by atoms with E-state index in [1.54, 1.807) is 25.4 Å². The second-order valence-corrected chi connectivity index (χ2v) is 3.49. The third-order valence-electron chi connectivity index (χ3n) is 2.33. The smallest absolute Gasteiger partial charge is 0.219 e. The molecule has 0 amide bonds. The molecular formula is C13H14N2O2. The van der Waals surface area contributed by atoms with Crippen molar-refractivity contribution >= 4 is 0 Å². The molecule has 88 valence electrons. The first-order valence-electron chi connectivity index (χ1n) is 5.28. The maximum absolute atomic E-state index is 5.57. The summed E-state index contributed by atoms with van der Waals surface area (Å²) in [6.07, 6.45) is 1.61. The summed E-state index contributed by atoms with van der Waals surface area (Å²) >= 11 is 0. The highest BCUT2D eigenvalue weighted by Crippen LogP contribution is 2.21. The number of ether oxygens (including phenoxy) is 2. The second-order valence-electron chi connectivity index (χ2n) is 3.49. The third kappa shape index (κ3) is 2.95. The van der Waals surface area contributed by atoms with Gasteiger partial charge in [-0.3, -0.25) is 0 Å². The van der Waals surface area contributed by atoms with Crippen molar-refractivity contribution < 1.29 is 9.47 Å². The van der Waals surface area contributed by atoms with Gasteiger partial charge in [0.1, 0.15) is 11.5 Å². The quantitative estimate of drug-likeness (QED) is 0.875. The van der Waals surface area contributed by atoms with Crippen molar-refractivity contribution in [3.63, 3.8) is 0 Å². The first-order valence-corrected chi connectivity index (χ1v) is 5.28. The zero-order chi connectivity index (χ0) is 12.1. The van der Waals surface area contributed by atoms with E-state index in [2.05, 4.69) is 4.98 Å². The normalized spacial score (nSPS) is 10.0. The van der Waals surface area contributed by atoms with Gasteiger partial charge < -0.3 is 15.2 Å². The molecule has 2 rings (SSSR count). The lowest BCUT2D eigenvalue weighted by atomic mass is 10.2. The van der Waals surface area contributed by atoms with Gasteiger partial charge in [0.05, 0.1) is 13.3 Å². The van der Waals surface area contributed by atoms with Gasteiger partial charge in [0.15, 0.2) is 0 Å². The van der Waals surface area contributed by atoms with Gasteiger partial charge in [-0.2, -0.15) is 0 Å². The molecule has 0 aliphatic rings. The van der Waals surface area contributed by atoms with Crippen molar-refractivity contribution in [1.29, 1.82) is 0 Å². The number of nitrogens with zero attached hydrogens (tertiary/aromatic N) is 1.